The van der Waals surface area contributed by atoms with Crippen molar-refractivity contribution in [2.75, 3.05) is 32.8 Å². The lowest BCUT2D eigenvalue weighted by molar-refractivity contribution is 0.0879. The lowest BCUT2D eigenvalue weighted by atomic mass is 10.3. The first-order valence-corrected chi connectivity index (χ1v) is 8.22. The molecule has 1 aromatic heterocycles. The summed E-state index contributed by atoms with van der Waals surface area (Å²) in [5.41, 5.74) is -0.224. The summed E-state index contributed by atoms with van der Waals surface area (Å²) < 4.78 is 11.6. The molecule has 2 rings (SSSR count). The van der Waals surface area contributed by atoms with Gasteiger partial charge >= 0.3 is 0 Å². The SMILES string of the molecule is COCC(COC)n1cc(Cl)nc(Nc2c(Cl)cc(O)cc2Cl)c1=O. The number of aromatic hydroxyl groups is 1. The minimum atomic E-state index is -0.455. The average molecular weight is 409 g/mol. The number of methoxy groups -OCH3 is 2. The molecule has 0 radical (unpaired) electrons. The molecule has 1 aromatic carbocycles. The molecule has 0 atom stereocenters. The van der Waals surface area contributed by atoms with E-state index >= 15 is 0 Å². The van der Waals surface area contributed by atoms with E-state index in [1.165, 1.54) is 37.1 Å². The van der Waals surface area contributed by atoms with E-state index < -0.39 is 11.6 Å². The summed E-state index contributed by atoms with van der Waals surface area (Å²) in [5.74, 6) is -0.170. The number of halogens is 3. The van der Waals surface area contributed by atoms with Gasteiger partial charge in [0.05, 0.1) is 35.0 Å². The van der Waals surface area contributed by atoms with Crippen LogP contribution in [0.3, 0.4) is 0 Å². The Labute approximate surface area is 159 Å². The number of aromatic nitrogens is 2. The van der Waals surface area contributed by atoms with Crippen molar-refractivity contribution in [1.29, 1.82) is 0 Å². The Morgan fingerprint density at radius 2 is 1.76 bits per heavy atom. The van der Waals surface area contributed by atoms with Crippen LogP contribution in [0.2, 0.25) is 15.2 Å². The molecule has 10 heteroatoms. The number of rotatable bonds is 7. The number of hydrogen-bond donors (Lipinski definition) is 2. The highest BCUT2D eigenvalue weighted by molar-refractivity contribution is 6.39. The van der Waals surface area contributed by atoms with Crippen LogP contribution in [0, 0.1) is 0 Å². The molecule has 0 aliphatic heterocycles. The van der Waals surface area contributed by atoms with Gasteiger partial charge in [-0.3, -0.25) is 4.79 Å². The number of phenolic OH excluding ortho intramolecular Hbond substituents is 1. The van der Waals surface area contributed by atoms with Crippen LogP contribution in [-0.4, -0.2) is 42.1 Å². The molecule has 0 fully saturated rings. The normalized spacial score (nSPS) is 11.1. The minimum absolute atomic E-state index is 0.0702. The summed E-state index contributed by atoms with van der Waals surface area (Å²) in [7, 11) is 3.04. The van der Waals surface area contributed by atoms with Crippen molar-refractivity contribution in [3.63, 3.8) is 0 Å². The van der Waals surface area contributed by atoms with Crippen molar-refractivity contribution >= 4 is 46.3 Å². The van der Waals surface area contributed by atoms with Gasteiger partial charge in [-0.15, -0.1) is 0 Å². The fourth-order valence-electron chi connectivity index (χ4n) is 2.22. The standard InChI is InChI=1S/C15H16Cl3N3O4/c1-24-6-8(7-25-2)21-5-12(18)19-14(15(21)23)20-13-10(16)3-9(22)4-11(13)17/h3-5,8,22H,6-7H2,1-2H3,(H,19,20). The van der Waals surface area contributed by atoms with Crippen LogP contribution in [0.1, 0.15) is 6.04 Å². The lowest BCUT2D eigenvalue weighted by Gasteiger charge is -2.19. The van der Waals surface area contributed by atoms with E-state index in [4.69, 9.17) is 44.3 Å². The van der Waals surface area contributed by atoms with Gasteiger partial charge in [-0.25, -0.2) is 4.98 Å². The monoisotopic (exact) mass is 407 g/mol. The predicted molar refractivity (Wildman–Crippen MR) is 97.7 cm³/mol. The molecule has 0 bridgehead atoms. The topological polar surface area (TPSA) is 85.6 Å². The first-order chi connectivity index (χ1) is 11.9. The molecule has 7 nitrogen and oxygen atoms in total. The van der Waals surface area contributed by atoms with E-state index in [1.54, 1.807) is 0 Å². The zero-order valence-electron chi connectivity index (χ0n) is 13.4. The Bertz CT molecular complexity index is 784. The van der Waals surface area contributed by atoms with Gasteiger partial charge in [-0.2, -0.15) is 0 Å². The summed E-state index contributed by atoms with van der Waals surface area (Å²) in [4.78, 5) is 16.7. The summed E-state index contributed by atoms with van der Waals surface area (Å²) >= 11 is 18.2. The van der Waals surface area contributed by atoms with Gasteiger partial charge in [-0.05, 0) is 0 Å². The zero-order valence-corrected chi connectivity index (χ0v) is 15.7. The number of hydrogen-bond acceptors (Lipinski definition) is 6. The Morgan fingerprint density at radius 3 is 2.28 bits per heavy atom. The molecular formula is C15H16Cl3N3O4. The number of anilines is 2. The average Bonchev–Trinajstić information content (AvgIpc) is 2.53. The molecule has 25 heavy (non-hydrogen) atoms. The van der Waals surface area contributed by atoms with Crippen LogP contribution in [-0.2, 0) is 9.47 Å². The Balaban J connectivity index is 2.48. The highest BCUT2D eigenvalue weighted by atomic mass is 35.5. The molecule has 2 N–H and O–H groups in total. The second-order valence-electron chi connectivity index (χ2n) is 5.10. The van der Waals surface area contributed by atoms with E-state index in [-0.39, 0.29) is 45.7 Å². The third kappa shape index (κ3) is 4.77. The van der Waals surface area contributed by atoms with Crippen LogP contribution in [0.25, 0.3) is 0 Å². The number of nitrogens with one attached hydrogen (secondary N) is 1. The van der Waals surface area contributed by atoms with Crippen molar-refractivity contribution in [3.05, 3.63) is 43.9 Å². The molecular weight excluding hydrogens is 393 g/mol. The second-order valence-corrected chi connectivity index (χ2v) is 6.30. The number of benzene rings is 1. The molecule has 0 aliphatic rings. The Kier molecular flexibility index (Phi) is 6.92. The van der Waals surface area contributed by atoms with Crippen LogP contribution < -0.4 is 10.9 Å². The second kappa shape index (κ2) is 8.73. The van der Waals surface area contributed by atoms with Crippen molar-refractivity contribution in [2.24, 2.45) is 0 Å². The van der Waals surface area contributed by atoms with Gasteiger partial charge in [-0.1, -0.05) is 34.8 Å². The summed E-state index contributed by atoms with van der Waals surface area (Å²) in [6.07, 6.45) is 1.40. The number of phenols is 1. The maximum absolute atomic E-state index is 12.7. The lowest BCUT2D eigenvalue weighted by Crippen LogP contribution is -2.32. The predicted octanol–water partition coefficient (Wildman–Crippen LogP) is 3.49. The van der Waals surface area contributed by atoms with Crippen LogP contribution in [0.5, 0.6) is 5.75 Å². The zero-order chi connectivity index (χ0) is 18.6. The molecule has 136 valence electrons. The number of ether oxygens (including phenoxy) is 2. The van der Waals surface area contributed by atoms with Gasteiger partial charge in [0.1, 0.15) is 10.9 Å². The molecule has 0 unspecified atom stereocenters. The van der Waals surface area contributed by atoms with Crippen LogP contribution in [0.4, 0.5) is 11.5 Å². The van der Waals surface area contributed by atoms with E-state index in [9.17, 15) is 9.90 Å². The van der Waals surface area contributed by atoms with Crippen LogP contribution in [0.15, 0.2) is 23.1 Å². The van der Waals surface area contributed by atoms with E-state index in [0.29, 0.717) is 0 Å². The maximum Gasteiger partial charge on any atom is 0.294 e. The van der Waals surface area contributed by atoms with Crippen molar-refractivity contribution < 1.29 is 14.6 Å². The van der Waals surface area contributed by atoms with Gasteiger partial charge in [0.2, 0.25) is 0 Å². The quantitative estimate of drug-likeness (QED) is 0.682. The smallest absolute Gasteiger partial charge is 0.294 e. The van der Waals surface area contributed by atoms with Crippen molar-refractivity contribution in [2.45, 2.75) is 6.04 Å². The first-order valence-electron chi connectivity index (χ1n) is 7.09. The Morgan fingerprint density at radius 1 is 1.20 bits per heavy atom. The van der Waals surface area contributed by atoms with Gasteiger partial charge < -0.3 is 24.5 Å². The highest BCUT2D eigenvalue weighted by Gasteiger charge is 2.18. The first kappa shape index (κ1) is 19.8. The number of nitrogens with zero attached hydrogens (tertiary/aromatic N) is 2. The van der Waals surface area contributed by atoms with Gasteiger partial charge in [0.15, 0.2) is 5.82 Å². The van der Waals surface area contributed by atoms with Gasteiger partial charge in [0, 0.05) is 32.5 Å². The highest BCUT2D eigenvalue weighted by Crippen LogP contribution is 2.35. The summed E-state index contributed by atoms with van der Waals surface area (Å²) in [6, 6.07) is 2.18. The molecule has 0 saturated carbocycles. The van der Waals surface area contributed by atoms with Gasteiger partial charge in [0.25, 0.3) is 5.56 Å². The molecule has 0 amide bonds. The summed E-state index contributed by atoms with van der Waals surface area (Å²) in [6.45, 7) is 0.489. The molecule has 0 aliphatic carbocycles. The third-order valence-electron chi connectivity index (χ3n) is 3.28. The summed E-state index contributed by atoms with van der Waals surface area (Å²) in [5, 5.41) is 12.6. The maximum atomic E-state index is 12.7. The van der Waals surface area contributed by atoms with Crippen molar-refractivity contribution in [3.8, 4) is 5.75 Å². The third-order valence-corrected chi connectivity index (χ3v) is 4.06. The largest absolute Gasteiger partial charge is 0.508 e. The molecule has 1 heterocycles. The van der Waals surface area contributed by atoms with Crippen LogP contribution >= 0.6 is 34.8 Å². The Hall–Kier alpha value is -1.51. The fraction of sp³-hybridized carbons (Fsp3) is 0.333. The van der Waals surface area contributed by atoms with E-state index in [0.717, 1.165) is 0 Å². The molecule has 2 aromatic rings. The molecule has 0 spiro atoms. The van der Waals surface area contributed by atoms with E-state index in [1.807, 2.05) is 0 Å². The molecule has 0 saturated heterocycles. The minimum Gasteiger partial charge on any atom is -0.508 e. The van der Waals surface area contributed by atoms with E-state index in [2.05, 4.69) is 10.3 Å². The fourth-order valence-corrected chi connectivity index (χ4v) is 2.98. The van der Waals surface area contributed by atoms with Crippen molar-refractivity contribution in [1.82, 2.24) is 9.55 Å².